The summed E-state index contributed by atoms with van der Waals surface area (Å²) in [6.45, 7) is 5.73. The van der Waals surface area contributed by atoms with Crippen LogP contribution in [0.2, 0.25) is 0 Å². The highest BCUT2D eigenvalue weighted by Crippen LogP contribution is 2.22. The zero-order valence-corrected chi connectivity index (χ0v) is 13.3. The van der Waals surface area contributed by atoms with Gasteiger partial charge in [-0.2, -0.15) is 0 Å². The first-order valence-electron chi connectivity index (χ1n) is 7.19. The molecule has 0 aromatic heterocycles. The summed E-state index contributed by atoms with van der Waals surface area (Å²) >= 11 is 0. The Kier molecular flexibility index (Phi) is 5.04. The third kappa shape index (κ3) is 3.79. The van der Waals surface area contributed by atoms with Gasteiger partial charge < -0.3 is 14.8 Å². The van der Waals surface area contributed by atoms with Crippen molar-refractivity contribution >= 4 is 11.6 Å². The number of carbonyl (C=O) groups excluding carboxylic acids is 1. The van der Waals surface area contributed by atoms with Crippen molar-refractivity contribution in [1.82, 2.24) is 0 Å². The van der Waals surface area contributed by atoms with E-state index in [9.17, 15) is 4.79 Å². The summed E-state index contributed by atoms with van der Waals surface area (Å²) in [7, 11) is 1.59. The van der Waals surface area contributed by atoms with Gasteiger partial charge in [-0.1, -0.05) is 18.2 Å². The number of carbonyl (C=O) groups is 1. The first-order chi connectivity index (χ1) is 10.5. The van der Waals surface area contributed by atoms with E-state index in [0.29, 0.717) is 11.4 Å². The van der Waals surface area contributed by atoms with Gasteiger partial charge in [0.15, 0.2) is 6.10 Å². The molecule has 2 rings (SSSR count). The van der Waals surface area contributed by atoms with Gasteiger partial charge in [0, 0.05) is 11.8 Å². The molecule has 0 radical (unpaired) electrons. The second kappa shape index (κ2) is 6.98. The number of rotatable bonds is 5. The molecule has 2 aromatic carbocycles. The van der Waals surface area contributed by atoms with Crippen molar-refractivity contribution in [2.24, 2.45) is 0 Å². The van der Waals surface area contributed by atoms with Crippen LogP contribution in [0.1, 0.15) is 18.1 Å². The zero-order valence-electron chi connectivity index (χ0n) is 13.3. The molecule has 0 spiro atoms. The van der Waals surface area contributed by atoms with E-state index in [-0.39, 0.29) is 5.91 Å². The maximum atomic E-state index is 12.2. The molecule has 1 amide bonds. The largest absolute Gasteiger partial charge is 0.497 e. The van der Waals surface area contributed by atoms with Crippen LogP contribution in [-0.4, -0.2) is 19.1 Å². The highest BCUT2D eigenvalue weighted by Gasteiger charge is 2.16. The topological polar surface area (TPSA) is 47.6 Å². The number of amides is 1. The van der Waals surface area contributed by atoms with Gasteiger partial charge in [-0.3, -0.25) is 4.79 Å². The molecule has 22 heavy (non-hydrogen) atoms. The van der Waals surface area contributed by atoms with Crippen LogP contribution in [0.3, 0.4) is 0 Å². The molecule has 4 nitrogen and oxygen atoms in total. The SMILES string of the molecule is COc1cccc(NC(=O)[C@H](C)Oc2cccc(C)c2C)c1. The third-order valence-electron chi connectivity index (χ3n) is 3.57. The van der Waals surface area contributed by atoms with Gasteiger partial charge in [0.2, 0.25) is 0 Å². The summed E-state index contributed by atoms with van der Waals surface area (Å²) in [6.07, 6.45) is -0.591. The molecule has 0 saturated heterocycles. The summed E-state index contributed by atoms with van der Waals surface area (Å²) in [5.74, 6) is 1.23. The molecular formula is C18H21NO3. The standard InChI is InChI=1S/C18H21NO3/c1-12-7-5-10-17(13(12)2)22-14(3)18(20)19-15-8-6-9-16(11-15)21-4/h5-11,14H,1-4H3,(H,19,20)/t14-/m0/s1. The van der Waals surface area contributed by atoms with E-state index >= 15 is 0 Å². The van der Waals surface area contributed by atoms with Crippen LogP contribution in [0.4, 0.5) is 5.69 Å². The second-order valence-electron chi connectivity index (χ2n) is 5.18. The molecule has 0 bridgehead atoms. The lowest BCUT2D eigenvalue weighted by molar-refractivity contribution is -0.122. The number of anilines is 1. The Morgan fingerprint density at radius 2 is 1.86 bits per heavy atom. The van der Waals surface area contributed by atoms with Crippen LogP contribution in [0.5, 0.6) is 11.5 Å². The van der Waals surface area contributed by atoms with Gasteiger partial charge in [0.25, 0.3) is 5.91 Å². The predicted octanol–water partition coefficient (Wildman–Crippen LogP) is 3.72. The molecule has 2 aromatic rings. The second-order valence-corrected chi connectivity index (χ2v) is 5.18. The Morgan fingerprint density at radius 1 is 1.14 bits per heavy atom. The normalized spacial score (nSPS) is 11.6. The third-order valence-corrected chi connectivity index (χ3v) is 3.57. The minimum atomic E-state index is -0.591. The lowest BCUT2D eigenvalue weighted by atomic mass is 10.1. The summed E-state index contributed by atoms with van der Waals surface area (Å²) < 4.78 is 10.9. The fourth-order valence-electron chi connectivity index (χ4n) is 2.04. The van der Waals surface area contributed by atoms with Gasteiger partial charge in [0.1, 0.15) is 11.5 Å². The van der Waals surface area contributed by atoms with E-state index in [0.717, 1.165) is 16.9 Å². The molecule has 0 heterocycles. The summed E-state index contributed by atoms with van der Waals surface area (Å²) in [5.41, 5.74) is 2.86. The fraction of sp³-hybridized carbons (Fsp3) is 0.278. The number of nitrogens with one attached hydrogen (secondary N) is 1. The maximum absolute atomic E-state index is 12.2. The van der Waals surface area contributed by atoms with Gasteiger partial charge in [0.05, 0.1) is 7.11 Å². The quantitative estimate of drug-likeness (QED) is 0.915. The number of ether oxygens (including phenoxy) is 2. The van der Waals surface area contributed by atoms with Crippen LogP contribution in [0.25, 0.3) is 0 Å². The van der Waals surface area contributed by atoms with Crippen molar-refractivity contribution in [3.63, 3.8) is 0 Å². The number of methoxy groups -OCH3 is 1. The molecule has 0 fully saturated rings. The van der Waals surface area contributed by atoms with Crippen molar-refractivity contribution in [1.29, 1.82) is 0 Å². The minimum Gasteiger partial charge on any atom is -0.497 e. The van der Waals surface area contributed by atoms with E-state index in [2.05, 4.69) is 5.32 Å². The Bertz CT molecular complexity index is 667. The van der Waals surface area contributed by atoms with Crippen LogP contribution >= 0.6 is 0 Å². The Balaban J connectivity index is 2.04. The van der Waals surface area contributed by atoms with E-state index in [4.69, 9.17) is 9.47 Å². The predicted molar refractivity (Wildman–Crippen MR) is 87.6 cm³/mol. The summed E-state index contributed by atoms with van der Waals surface area (Å²) in [5, 5.41) is 2.83. The molecule has 0 unspecified atom stereocenters. The van der Waals surface area contributed by atoms with Crippen molar-refractivity contribution < 1.29 is 14.3 Å². The van der Waals surface area contributed by atoms with Crippen molar-refractivity contribution in [2.45, 2.75) is 26.9 Å². The van der Waals surface area contributed by atoms with E-state index < -0.39 is 6.10 Å². The minimum absolute atomic E-state index is 0.200. The number of hydrogen-bond acceptors (Lipinski definition) is 3. The molecular weight excluding hydrogens is 278 g/mol. The summed E-state index contributed by atoms with van der Waals surface area (Å²) in [6, 6.07) is 13.0. The van der Waals surface area contributed by atoms with Crippen molar-refractivity contribution in [3.8, 4) is 11.5 Å². The number of hydrogen-bond donors (Lipinski definition) is 1. The van der Waals surface area contributed by atoms with Crippen LogP contribution < -0.4 is 14.8 Å². The van der Waals surface area contributed by atoms with Gasteiger partial charge in [-0.05, 0) is 50.1 Å². The fourth-order valence-corrected chi connectivity index (χ4v) is 2.04. The average molecular weight is 299 g/mol. The lowest BCUT2D eigenvalue weighted by Gasteiger charge is -2.17. The molecule has 0 aliphatic heterocycles. The first-order valence-corrected chi connectivity index (χ1v) is 7.19. The summed E-state index contributed by atoms with van der Waals surface area (Å²) in [4.78, 5) is 12.2. The monoisotopic (exact) mass is 299 g/mol. The Labute approximate surface area is 131 Å². The van der Waals surface area contributed by atoms with Crippen molar-refractivity contribution in [2.75, 3.05) is 12.4 Å². The van der Waals surface area contributed by atoms with Crippen LogP contribution in [0, 0.1) is 13.8 Å². The molecule has 4 heteroatoms. The highest BCUT2D eigenvalue weighted by atomic mass is 16.5. The van der Waals surface area contributed by atoms with Gasteiger partial charge in [-0.15, -0.1) is 0 Å². The zero-order chi connectivity index (χ0) is 16.1. The first kappa shape index (κ1) is 15.9. The Morgan fingerprint density at radius 3 is 2.59 bits per heavy atom. The van der Waals surface area contributed by atoms with E-state index in [1.54, 1.807) is 20.1 Å². The molecule has 1 atom stereocenters. The molecule has 0 aliphatic rings. The molecule has 0 saturated carbocycles. The van der Waals surface area contributed by atoms with Crippen LogP contribution in [0.15, 0.2) is 42.5 Å². The van der Waals surface area contributed by atoms with E-state index in [1.165, 1.54) is 0 Å². The highest BCUT2D eigenvalue weighted by molar-refractivity contribution is 5.94. The van der Waals surface area contributed by atoms with Gasteiger partial charge in [-0.25, -0.2) is 0 Å². The lowest BCUT2D eigenvalue weighted by Crippen LogP contribution is -2.30. The number of aryl methyl sites for hydroxylation is 1. The van der Waals surface area contributed by atoms with Crippen molar-refractivity contribution in [3.05, 3.63) is 53.6 Å². The molecule has 116 valence electrons. The number of benzene rings is 2. The molecule has 0 aliphatic carbocycles. The smallest absolute Gasteiger partial charge is 0.265 e. The average Bonchev–Trinajstić information content (AvgIpc) is 2.52. The molecule has 1 N–H and O–H groups in total. The Hall–Kier alpha value is -2.49. The van der Waals surface area contributed by atoms with Crippen LogP contribution in [-0.2, 0) is 4.79 Å². The maximum Gasteiger partial charge on any atom is 0.265 e. The van der Waals surface area contributed by atoms with Gasteiger partial charge >= 0.3 is 0 Å². The van der Waals surface area contributed by atoms with E-state index in [1.807, 2.05) is 50.2 Å².